The van der Waals surface area contributed by atoms with E-state index in [-0.39, 0.29) is 16.9 Å². The molecule has 0 unspecified atom stereocenters. The minimum absolute atomic E-state index is 0.212. The van der Waals surface area contributed by atoms with Crippen LogP contribution in [0.25, 0.3) is 0 Å². The highest BCUT2D eigenvalue weighted by Gasteiger charge is 2.13. The summed E-state index contributed by atoms with van der Waals surface area (Å²) in [5.74, 6) is -0.278. The van der Waals surface area contributed by atoms with Gasteiger partial charge in [-0.3, -0.25) is 19.6 Å². The molecule has 4 heteroatoms. The molecule has 16 heavy (non-hydrogen) atoms. The zero-order chi connectivity index (χ0) is 11.4. The Morgan fingerprint density at radius 1 is 1.12 bits per heavy atom. The molecule has 2 heterocycles. The van der Waals surface area contributed by atoms with Gasteiger partial charge >= 0.3 is 0 Å². The maximum Gasteiger partial charge on any atom is 0.234 e. The van der Waals surface area contributed by atoms with Crippen molar-refractivity contribution in [1.29, 1.82) is 0 Å². The summed E-state index contributed by atoms with van der Waals surface area (Å²) in [5.41, 5.74) is 0.876. The van der Waals surface area contributed by atoms with E-state index in [1.165, 1.54) is 24.7 Å². The molecule has 2 rings (SSSR count). The molecule has 2 aromatic heterocycles. The van der Waals surface area contributed by atoms with Gasteiger partial charge in [0.25, 0.3) is 0 Å². The summed E-state index contributed by atoms with van der Waals surface area (Å²) in [6.07, 6.45) is 7.54. The van der Waals surface area contributed by atoms with Crippen molar-refractivity contribution in [2.75, 3.05) is 0 Å². The lowest BCUT2D eigenvalue weighted by Crippen LogP contribution is -2.06. The number of carbonyl (C=O) groups is 1. The van der Waals surface area contributed by atoms with Crippen LogP contribution >= 0.6 is 0 Å². The molecule has 2 aromatic rings. The third-order valence-electron chi connectivity index (χ3n) is 2.10. The minimum atomic E-state index is -0.278. The minimum Gasteiger partial charge on any atom is -0.288 e. The number of carbonyl (C=O) groups excluding carboxylic acids is 2. The summed E-state index contributed by atoms with van der Waals surface area (Å²) in [5, 5.41) is 0. The average Bonchev–Trinajstić information content (AvgIpc) is 2.39. The number of ketones is 1. The van der Waals surface area contributed by atoms with Crippen molar-refractivity contribution in [2.45, 2.75) is 0 Å². The maximum absolute atomic E-state index is 12.0. The van der Waals surface area contributed by atoms with Crippen LogP contribution in [0.2, 0.25) is 0 Å². The van der Waals surface area contributed by atoms with Crippen LogP contribution in [0.1, 0.15) is 21.5 Å². The summed E-state index contributed by atoms with van der Waals surface area (Å²) < 4.78 is 0. The Bertz CT molecular complexity index is 524. The van der Waals surface area contributed by atoms with Gasteiger partial charge in [-0.05, 0) is 18.2 Å². The van der Waals surface area contributed by atoms with Crippen molar-refractivity contribution in [3.05, 3.63) is 59.7 Å². The van der Waals surface area contributed by atoms with E-state index in [1.807, 2.05) is 0 Å². The predicted octanol–water partition coefficient (Wildman–Crippen LogP) is 1.17. The molecule has 0 saturated carbocycles. The molecule has 1 radical (unpaired) electrons. The number of hydrogen-bond donors (Lipinski definition) is 0. The summed E-state index contributed by atoms with van der Waals surface area (Å²) >= 11 is 0. The van der Waals surface area contributed by atoms with Gasteiger partial charge < -0.3 is 0 Å². The summed E-state index contributed by atoms with van der Waals surface area (Å²) in [6.45, 7) is 0. The summed E-state index contributed by atoms with van der Waals surface area (Å²) in [4.78, 5) is 30.3. The second-order valence-corrected chi connectivity index (χ2v) is 3.09. The molecular weight excluding hydrogens is 204 g/mol. The lowest BCUT2D eigenvalue weighted by Gasteiger charge is -2.01. The largest absolute Gasteiger partial charge is 0.288 e. The molecule has 0 N–H and O–H groups in total. The van der Waals surface area contributed by atoms with Crippen molar-refractivity contribution in [1.82, 2.24) is 9.97 Å². The van der Waals surface area contributed by atoms with Crippen LogP contribution in [0.3, 0.4) is 0 Å². The molecule has 0 aliphatic heterocycles. The van der Waals surface area contributed by atoms with Gasteiger partial charge in [0.2, 0.25) is 6.29 Å². The van der Waals surface area contributed by atoms with E-state index in [0.717, 1.165) is 0 Å². The molecule has 0 atom stereocenters. The normalized spacial score (nSPS) is 9.75. The van der Waals surface area contributed by atoms with E-state index >= 15 is 0 Å². The number of nitrogens with zero attached hydrogens (tertiary/aromatic N) is 2. The summed E-state index contributed by atoms with van der Waals surface area (Å²) in [7, 11) is 0. The van der Waals surface area contributed by atoms with Gasteiger partial charge in [-0.2, -0.15) is 0 Å². The number of hydrogen-bond acceptors (Lipinski definition) is 4. The van der Waals surface area contributed by atoms with Crippen LogP contribution in [-0.4, -0.2) is 22.0 Å². The van der Waals surface area contributed by atoms with Gasteiger partial charge in [-0.15, -0.1) is 0 Å². The van der Waals surface area contributed by atoms with E-state index in [2.05, 4.69) is 9.97 Å². The van der Waals surface area contributed by atoms with Crippen LogP contribution in [0.4, 0.5) is 0 Å². The molecule has 0 bridgehead atoms. The Labute approximate surface area is 92.0 Å². The van der Waals surface area contributed by atoms with Gasteiger partial charge in [0.1, 0.15) is 0 Å². The molecule has 4 nitrogen and oxygen atoms in total. The first-order chi connectivity index (χ1) is 7.83. The lowest BCUT2D eigenvalue weighted by atomic mass is 10.0. The number of rotatable bonds is 3. The van der Waals surface area contributed by atoms with E-state index in [9.17, 15) is 9.59 Å². The number of pyridine rings is 2. The van der Waals surface area contributed by atoms with Gasteiger partial charge in [-0.1, -0.05) is 0 Å². The lowest BCUT2D eigenvalue weighted by molar-refractivity contribution is 0.103. The van der Waals surface area contributed by atoms with E-state index in [4.69, 9.17) is 0 Å². The topological polar surface area (TPSA) is 59.9 Å². The van der Waals surface area contributed by atoms with Gasteiger partial charge in [0.15, 0.2) is 5.78 Å². The smallest absolute Gasteiger partial charge is 0.234 e. The highest BCUT2D eigenvalue weighted by molar-refractivity contribution is 6.12. The Hall–Kier alpha value is -2.36. The predicted molar refractivity (Wildman–Crippen MR) is 56.7 cm³/mol. The van der Waals surface area contributed by atoms with Gasteiger partial charge in [0.05, 0.1) is 5.56 Å². The first-order valence-corrected chi connectivity index (χ1v) is 4.60. The standard InChI is InChI=1S/C12H7N2O2/c15-8-10-3-5-14-7-11(10)12(16)9-2-1-4-13-6-9/h1-7H. The SMILES string of the molecule is O=[C]c1ccncc1C(=O)c1cccnc1. The highest BCUT2D eigenvalue weighted by Crippen LogP contribution is 2.10. The van der Waals surface area contributed by atoms with Gasteiger partial charge in [-0.25, -0.2) is 0 Å². The van der Waals surface area contributed by atoms with Crippen LogP contribution in [-0.2, 0) is 4.79 Å². The Balaban J connectivity index is 2.46. The van der Waals surface area contributed by atoms with E-state index < -0.39 is 0 Å². The average molecular weight is 211 g/mol. The first-order valence-electron chi connectivity index (χ1n) is 4.60. The molecule has 0 amide bonds. The molecule has 77 valence electrons. The van der Waals surface area contributed by atoms with Crippen LogP contribution < -0.4 is 0 Å². The fourth-order valence-corrected chi connectivity index (χ4v) is 1.32. The van der Waals surface area contributed by atoms with Gasteiger partial charge in [0, 0.05) is 35.9 Å². The third kappa shape index (κ3) is 1.86. The number of aromatic nitrogens is 2. The van der Waals surface area contributed by atoms with Crippen molar-refractivity contribution >= 4 is 12.1 Å². The van der Waals surface area contributed by atoms with Crippen molar-refractivity contribution < 1.29 is 9.59 Å². The third-order valence-corrected chi connectivity index (χ3v) is 2.10. The molecule has 0 saturated heterocycles. The molecule has 0 fully saturated rings. The molecule has 0 aliphatic carbocycles. The van der Waals surface area contributed by atoms with E-state index in [0.29, 0.717) is 5.56 Å². The monoisotopic (exact) mass is 211 g/mol. The molecular formula is C12H7N2O2. The molecule has 0 spiro atoms. The molecule has 0 aromatic carbocycles. The fraction of sp³-hybridized carbons (Fsp3) is 0. The van der Waals surface area contributed by atoms with Crippen LogP contribution in [0.5, 0.6) is 0 Å². The second kappa shape index (κ2) is 4.44. The highest BCUT2D eigenvalue weighted by atomic mass is 16.1. The first kappa shape index (κ1) is 10.2. The van der Waals surface area contributed by atoms with Crippen molar-refractivity contribution in [3.63, 3.8) is 0 Å². The zero-order valence-corrected chi connectivity index (χ0v) is 8.25. The van der Waals surface area contributed by atoms with Crippen LogP contribution in [0.15, 0.2) is 43.0 Å². The summed E-state index contributed by atoms with van der Waals surface area (Å²) in [6, 6.07) is 4.75. The Morgan fingerprint density at radius 2 is 1.94 bits per heavy atom. The molecule has 0 aliphatic rings. The Morgan fingerprint density at radius 3 is 2.62 bits per heavy atom. The van der Waals surface area contributed by atoms with Crippen molar-refractivity contribution in [2.24, 2.45) is 0 Å². The Kier molecular flexibility index (Phi) is 2.82. The maximum atomic E-state index is 12.0. The second-order valence-electron chi connectivity index (χ2n) is 3.09. The quantitative estimate of drug-likeness (QED) is 0.715. The van der Waals surface area contributed by atoms with Crippen LogP contribution in [0, 0.1) is 0 Å². The fourth-order valence-electron chi connectivity index (χ4n) is 1.32. The van der Waals surface area contributed by atoms with Crippen molar-refractivity contribution in [3.8, 4) is 0 Å². The zero-order valence-electron chi connectivity index (χ0n) is 8.25. The van der Waals surface area contributed by atoms with E-state index in [1.54, 1.807) is 24.6 Å².